The van der Waals surface area contributed by atoms with Crippen LogP contribution in [0.5, 0.6) is 0 Å². The van der Waals surface area contributed by atoms with Crippen LogP contribution in [-0.2, 0) is 0 Å². The van der Waals surface area contributed by atoms with Gasteiger partial charge in [-0.1, -0.05) is 19.8 Å². The number of nitrogens with one attached hydrogen (secondary N) is 1. The zero-order valence-electron chi connectivity index (χ0n) is 12.6. The molecule has 2 aliphatic carbocycles. The Bertz CT molecular complexity index is 318. The van der Waals surface area contributed by atoms with Gasteiger partial charge in [-0.25, -0.2) is 0 Å². The molecule has 0 heterocycles. The summed E-state index contributed by atoms with van der Waals surface area (Å²) in [4.78, 5) is 2.48. The first-order chi connectivity index (χ1) is 9.20. The molecule has 3 heteroatoms. The molecule has 2 saturated carbocycles. The summed E-state index contributed by atoms with van der Waals surface area (Å²) in [6.45, 7) is 5.42. The van der Waals surface area contributed by atoms with Crippen molar-refractivity contribution >= 4 is 0 Å². The largest absolute Gasteiger partial charge is 0.306 e. The van der Waals surface area contributed by atoms with Crippen LogP contribution in [-0.4, -0.2) is 37.1 Å². The van der Waals surface area contributed by atoms with E-state index < -0.39 is 0 Å². The Balaban J connectivity index is 1.78. The van der Waals surface area contributed by atoms with Crippen molar-refractivity contribution in [3.05, 3.63) is 0 Å². The third kappa shape index (κ3) is 3.49. The van der Waals surface area contributed by atoms with Gasteiger partial charge in [0.2, 0.25) is 0 Å². The highest BCUT2D eigenvalue weighted by atomic mass is 15.1. The highest BCUT2D eigenvalue weighted by Gasteiger charge is 2.42. The van der Waals surface area contributed by atoms with E-state index in [-0.39, 0.29) is 5.54 Å². The lowest BCUT2D eigenvalue weighted by molar-refractivity contribution is 0.187. The van der Waals surface area contributed by atoms with Gasteiger partial charge in [-0.05, 0) is 64.1 Å². The first-order valence-corrected chi connectivity index (χ1v) is 8.05. The highest BCUT2D eigenvalue weighted by Crippen LogP contribution is 2.37. The van der Waals surface area contributed by atoms with Gasteiger partial charge >= 0.3 is 0 Å². The Hall–Kier alpha value is -0.590. The second kappa shape index (κ2) is 6.72. The third-order valence-corrected chi connectivity index (χ3v) is 5.17. The lowest BCUT2D eigenvalue weighted by Gasteiger charge is -2.33. The maximum Gasteiger partial charge on any atom is 0.109 e. The molecule has 108 valence electrons. The molecular weight excluding hydrogens is 234 g/mol. The molecule has 0 aromatic heterocycles. The van der Waals surface area contributed by atoms with Crippen LogP contribution in [0.1, 0.15) is 51.9 Å². The van der Waals surface area contributed by atoms with Gasteiger partial charge in [0, 0.05) is 6.54 Å². The SMILES string of the molecule is CCNC1(C#N)CCCC1CCN(C)CC1CCC1. The molecule has 0 saturated heterocycles. The van der Waals surface area contributed by atoms with Crippen molar-refractivity contribution in [1.82, 2.24) is 10.2 Å². The van der Waals surface area contributed by atoms with E-state index in [9.17, 15) is 5.26 Å². The van der Waals surface area contributed by atoms with Crippen molar-refractivity contribution in [2.24, 2.45) is 11.8 Å². The lowest BCUT2D eigenvalue weighted by atomic mass is 9.84. The van der Waals surface area contributed by atoms with E-state index in [1.807, 2.05) is 0 Å². The summed E-state index contributed by atoms with van der Waals surface area (Å²) in [5, 5.41) is 13.0. The molecular formula is C16H29N3. The van der Waals surface area contributed by atoms with Crippen molar-refractivity contribution in [3.63, 3.8) is 0 Å². The molecule has 0 aliphatic heterocycles. The van der Waals surface area contributed by atoms with Crippen LogP contribution < -0.4 is 5.32 Å². The van der Waals surface area contributed by atoms with Gasteiger partial charge in [0.05, 0.1) is 6.07 Å². The topological polar surface area (TPSA) is 39.1 Å². The van der Waals surface area contributed by atoms with E-state index in [2.05, 4.69) is 30.3 Å². The monoisotopic (exact) mass is 263 g/mol. The molecule has 0 spiro atoms. The van der Waals surface area contributed by atoms with Gasteiger partial charge in [0.1, 0.15) is 5.54 Å². The molecule has 0 amide bonds. The second-order valence-electron chi connectivity index (χ2n) is 6.55. The molecule has 3 nitrogen and oxygen atoms in total. The average molecular weight is 263 g/mol. The summed E-state index contributed by atoms with van der Waals surface area (Å²) >= 11 is 0. The number of nitrogens with zero attached hydrogens (tertiary/aromatic N) is 2. The van der Waals surface area contributed by atoms with Crippen LogP contribution in [0.2, 0.25) is 0 Å². The van der Waals surface area contributed by atoms with E-state index in [0.29, 0.717) is 5.92 Å². The summed E-state index contributed by atoms with van der Waals surface area (Å²) in [5.41, 5.74) is -0.230. The van der Waals surface area contributed by atoms with E-state index >= 15 is 0 Å². The van der Waals surface area contributed by atoms with Crippen LogP contribution in [0.25, 0.3) is 0 Å². The minimum atomic E-state index is -0.230. The average Bonchev–Trinajstić information content (AvgIpc) is 2.75. The third-order valence-electron chi connectivity index (χ3n) is 5.17. The maximum atomic E-state index is 9.55. The van der Waals surface area contributed by atoms with Gasteiger partial charge in [-0.15, -0.1) is 0 Å². The molecule has 2 unspecified atom stereocenters. The van der Waals surface area contributed by atoms with Gasteiger partial charge < -0.3 is 4.90 Å². The van der Waals surface area contributed by atoms with Crippen molar-refractivity contribution in [2.45, 2.75) is 57.4 Å². The summed E-state index contributed by atoms with van der Waals surface area (Å²) < 4.78 is 0. The normalized spacial score (nSPS) is 31.4. The minimum absolute atomic E-state index is 0.230. The van der Waals surface area contributed by atoms with Crippen LogP contribution in [0.4, 0.5) is 0 Å². The molecule has 0 bridgehead atoms. The Kier molecular flexibility index (Phi) is 5.24. The zero-order chi connectivity index (χ0) is 13.7. The van der Waals surface area contributed by atoms with Gasteiger partial charge in [0.15, 0.2) is 0 Å². The Labute approximate surface area is 118 Å². The number of hydrogen-bond acceptors (Lipinski definition) is 3. The molecule has 2 atom stereocenters. The fraction of sp³-hybridized carbons (Fsp3) is 0.938. The summed E-state index contributed by atoms with van der Waals surface area (Å²) in [5.74, 6) is 1.49. The molecule has 0 aromatic rings. The number of nitriles is 1. The standard InChI is InChI=1S/C16H29N3/c1-3-18-16(13-17)10-5-8-15(16)9-11-19(2)12-14-6-4-7-14/h14-15,18H,3-12H2,1-2H3. The van der Waals surface area contributed by atoms with Crippen molar-refractivity contribution in [1.29, 1.82) is 5.26 Å². The number of hydrogen-bond donors (Lipinski definition) is 1. The first-order valence-electron chi connectivity index (χ1n) is 8.05. The predicted molar refractivity (Wildman–Crippen MR) is 78.8 cm³/mol. The first kappa shape index (κ1) is 14.8. The summed E-state index contributed by atoms with van der Waals surface area (Å²) in [7, 11) is 2.24. The predicted octanol–water partition coefficient (Wildman–Crippen LogP) is 2.78. The Morgan fingerprint density at radius 3 is 2.68 bits per heavy atom. The molecule has 0 aromatic carbocycles. The van der Waals surface area contributed by atoms with E-state index in [0.717, 1.165) is 25.4 Å². The van der Waals surface area contributed by atoms with Gasteiger partial charge in [-0.2, -0.15) is 5.26 Å². The van der Waals surface area contributed by atoms with Crippen LogP contribution in [0, 0.1) is 23.2 Å². The minimum Gasteiger partial charge on any atom is -0.306 e. The fourth-order valence-electron chi connectivity index (χ4n) is 3.79. The Morgan fingerprint density at radius 1 is 1.32 bits per heavy atom. The number of rotatable bonds is 7. The van der Waals surface area contributed by atoms with Gasteiger partial charge in [-0.3, -0.25) is 5.32 Å². The molecule has 2 rings (SSSR count). The molecule has 19 heavy (non-hydrogen) atoms. The molecule has 2 aliphatic rings. The van der Waals surface area contributed by atoms with Crippen LogP contribution in [0.3, 0.4) is 0 Å². The second-order valence-corrected chi connectivity index (χ2v) is 6.55. The van der Waals surface area contributed by atoms with Crippen molar-refractivity contribution in [2.75, 3.05) is 26.7 Å². The van der Waals surface area contributed by atoms with Crippen LogP contribution >= 0.6 is 0 Å². The quantitative estimate of drug-likeness (QED) is 0.767. The summed E-state index contributed by atoms with van der Waals surface area (Å²) in [6, 6.07) is 2.59. The van der Waals surface area contributed by atoms with Crippen molar-refractivity contribution in [3.8, 4) is 6.07 Å². The fourth-order valence-corrected chi connectivity index (χ4v) is 3.79. The van der Waals surface area contributed by atoms with E-state index in [1.54, 1.807) is 0 Å². The summed E-state index contributed by atoms with van der Waals surface area (Å²) in [6.07, 6.45) is 8.91. The lowest BCUT2D eigenvalue weighted by Crippen LogP contribution is -2.47. The van der Waals surface area contributed by atoms with Crippen molar-refractivity contribution < 1.29 is 0 Å². The zero-order valence-corrected chi connectivity index (χ0v) is 12.6. The van der Waals surface area contributed by atoms with E-state index in [4.69, 9.17) is 0 Å². The van der Waals surface area contributed by atoms with Crippen LogP contribution in [0.15, 0.2) is 0 Å². The molecule has 1 N–H and O–H groups in total. The molecule has 0 radical (unpaired) electrons. The van der Waals surface area contributed by atoms with E-state index in [1.165, 1.54) is 45.1 Å². The Morgan fingerprint density at radius 2 is 2.11 bits per heavy atom. The van der Waals surface area contributed by atoms with Gasteiger partial charge in [0.25, 0.3) is 0 Å². The smallest absolute Gasteiger partial charge is 0.109 e. The molecule has 2 fully saturated rings. The highest BCUT2D eigenvalue weighted by molar-refractivity contribution is 5.14. The maximum absolute atomic E-state index is 9.55.